The number of amides is 1. The van der Waals surface area contributed by atoms with Gasteiger partial charge in [0.25, 0.3) is 0 Å². The molecule has 1 aromatic carbocycles. The number of nitrogens with two attached hydrogens (primary N) is 1. The first-order valence-electron chi connectivity index (χ1n) is 7.23. The van der Waals surface area contributed by atoms with E-state index in [0.29, 0.717) is 23.0 Å². The number of carbonyl (C=O) groups excluding carboxylic acids is 1. The molecular formula is C14H18N6O3S2. The number of hydrogen-bond donors (Lipinski definition) is 4. The van der Waals surface area contributed by atoms with Crippen LogP contribution in [0.25, 0.3) is 0 Å². The summed E-state index contributed by atoms with van der Waals surface area (Å²) in [6, 6.07) is 7.47. The normalized spacial score (nSPS) is 11.4. The number of hydrogen-bond acceptors (Lipinski definition) is 9. The number of amidine groups is 1. The Balaban J connectivity index is 2.02. The van der Waals surface area contributed by atoms with Crippen LogP contribution in [0.5, 0.6) is 0 Å². The molecule has 0 saturated carbocycles. The maximum Gasteiger partial charge on any atom is 0.231 e. The zero-order chi connectivity index (χ0) is 18.1. The fourth-order valence-corrected chi connectivity index (χ4v) is 2.85. The molecule has 0 aliphatic rings. The molecule has 1 amide bonds. The summed E-state index contributed by atoms with van der Waals surface area (Å²) >= 11 is 2.29. The average molecular weight is 382 g/mol. The minimum atomic E-state index is -0.134. The van der Waals surface area contributed by atoms with E-state index in [0.717, 1.165) is 17.5 Å². The fourth-order valence-electron chi connectivity index (χ4n) is 1.84. The third-order valence-corrected chi connectivity index (χ3v) is 4.29. The highest BCUT2D eigenvalue weighted by molar-refractivity contribution is 7.99. The summed E-state index contributed by atoms with van der Waals surface area (Å²) in [7, 11) is 0. The second-order valence-corrected chi connectivity index (χ2v) is 6.54. The summed E-state index contributed by atoms with van der Waals surface area (Å²) in [5.41, 5.74) is 4.01. The zero-order valence-electron chi connectivity index (χ0n) is 13.4. The average Bonchev–Trinajstić information content (AvgIpc) is 3.05. The molecule has 0 aliphatic heterocycles. The van der Waals surface area contributed by atoms with Crippen LogP contribution in [0, 0.1) is 6.92 Å². The number of hydroxylamine groups is 1. The molecule has 5 N–H and O–H groups in total. The summed E-state index contributed by atoms with van der Waals surface area (Å²) < 4.78 is 4.75. The van der Waals surface area contributed by atoms with E-state index in [1.807, 2.05) is 30.6 Å². The molecule has 9 nitrogen and oxygen atoms in total. The summed E-state index contributed by atoms with van der Waals surface area (Å²) in [5, 5.41) is 25.4. The smallest absolute Gasteiger partial charge is 0.231 e. The summed E-state index contributed by atoms with van der Waals surface area (Å²) in [5.74, 6) is 0.748. The summed E-state index contributed by atoms with van der Waals surface area (Å²) in [6.45, 7) is 2.38. The lowest BCUT2D eigenvalue weighted by Gasteiger charge is -2.04. The third kappa shape index (κ3) is 6.05. The SMILES string of the molecule is Cc1cccc(N=C(NO)c2nonc2SCCNC(=O)CSN)c1. The van der Waals surface area contributed by atoms with Crippen molar-refractivity contribution >= 4 is 41.1 Å². The van der Waals surface area contributed by atoms with Gasteiger partial charge in [-0.1, -0.05) is 35.8 Å². The van der Waals surface area contributed by atoms with Crippen molar-refractivity contribution in [3.05, 3.63) is 35.5 Å². The van der Waals surface area contributed by atoms with Gasteiger partial charge in [-0.3, -0.25) is 20.6 Å². The molecule has 2 rings (SSSR count). The van der Waals surface area contributed by atoms with E-state index in [1.54, 1.807) is 6.07 Å². The molecule has 0 saturated heterocycles. The van der Waals surface area contributed by atoms with Crippen LogP contribution in [0.4, 0.5) is 5.69 Å². The fraction of sp³-hybridized carbons (Fsp3) is 0.286. The van der Waals surface area contributed by atoms with Gasteiger partial charge in [-0.2, -0.15) is 0 Å². The summed E-state index contributed by atoms with van der Waals surface area (Å²) in [4.78, 5) is 15.6. The monoisotopic (exact) mass is 382 g/mol. The standard InChI is InChI=1S/C14H18N6O3S2/c1-9-3-2-4-10(7-9)17-13(18-22)12-14(20-23-19-12)24-6-5-16-11(21)8-25-15/h2-4,7,22H,5-6,8,15H2,1H3,(H,16,21)(H,17,18). The highest BCUT2D eigenvalue weighted by Gasteiger charge is 2.17. The second-order valence-electron chi connectivity index (χ2n) is 4.84. The number of aliphatic imine (C=N–C) groups is 1. The van der Waals surface area contributed by atoms with E-state index in [9.17, 15) is 10.0 Å². The van der Waals surface area contributed by atoms with Crippen LogP contribution in [0.1, 0.15) is 11.3 Å². The van der Waals surface area contributed by atoms with Crippen molar-refractivity contribution in [3.8, 4) is 0 Å². The Bertz CT molecular complexity index is 737. The molecule has 0 unspecified atom stereocenters. The Labute approximate surface area is 152 Å². The number of rotatable bonds is 8. The van der Waals surface area contributed by atoms with Crippen molar-refractivity contribution in [3.63, 3.8) is 0 Å². The Hall–Kier alpha value is -2.08. The molecule has 11 heteroatoms. The van der Waals surface area contributed by atoms with Gasteiger partial charge < -0.3 is 5.32 Å². The van der Waals surface area contributed by atoms with Crippen LogP contribution in [0.2, 0.25) is 0 Å². The topological polar surface area (TPSA) is 139 Å². The van der Waals surface area contributed by atoms with Crippen molar-refractivity contribution in [2.75, 3.05) is 18.1 Å². The molecule has 2 aromatic rings. The molecule has 134 valence electrons. The van der Waals surface area contributed by atoms with E-state index < -0.39 is 0 Å². The van der Waals surface area contributed by atoms with Gasteiger partial charge in [0, 0.05) is 12.3 Å². The van der Waals surface area contributed by atoms with Gasteiger partial charge >= 0.3 is 0 Å². The van der Waals surface area contributed by atoms with Crippen LogP contribution >= 0.6 is 23.7 Å². The van der Waals surface area contributed by atoms with Crippen molar-refractivity contribution in [2.24, 2.45) is 10.1 Å². The molecule has 0 fully saturated rings. The minimum Gasteiger partial charge on any atom is -0.355 e. The first-order valence-corrected chi connectivity index (χ1v) is 9.27. The van der Waals surface area contributed by atoms with Crippen molar-refractivity contribution in [2.45, 2.75) is 11.9 Å². The minimum absolute atomic E-state index is 0.123. The maximum atomic E-state index is 11.3. The molecule has 0 atom stereocenters. The molecule has 0 radical (unpaired) electrons. The van der Waals surface area contributed by atoms with Crippen LogP contribution in [0.3, 0.4) is 0 Å². The Kier molecular flexibility index (Phi) is 7.73. The van der Waals surface area contributed by atoms with Crippen LogP contribution < -0.4 is 15.9 Å². The Morgan fingerprint density at radius 1 is 1.44 bits per heavy atom. The molecular weight excluding hydrogens is 364 g/mol. The second kappa shape index (κ2) is 10.0. The van der Waals surface area contributed by atoms with Crippen LogP contribution in [-0.4, -0.2) is 45.3 Å². The largest absolute Gasteiger partial charge is 0.355 e. The van der Waals surface area contributed by atoms with E-state index in [1.165, 1.54) is 11.8 Å². The third-order valence-electron chi connectivity index (χ3n) is 2.91. The van der Waals surface area contributed by atoms with Crippen molar-refractivity contribution in [1.82, 2.24) is 21.1 Å². The van der Waals surface area contributed by atoms with Crippen LogP contribution in [0.15, 0.2) is 38.9 Å². The Morgan fingerprint density at radius 2 is 2.28 bits per heavy atom. The predicted molar refractivity (Wildman–Crippen MR) is 97.0 cm³/mol. The number of nitrogens with one attached hydrogen (secondary N) is 2. The summed E-state index contributed by atoms with van der Waals surface area (Å²) in [6.07, 6.45) is 0. The van der Waals surface area contributed by atoms with E-state index in [4.69, 9.17) is 9.77 Å². The highest BCUT2D eigenvalue weighted by atomic mass is 32.2. The number of benzene rings is 1. The van der Waals surface area contributed by atoms with E-state index in [2.05, 4.69) is 20.6 Å². The molecule has 0 spiro atoms. The Morgan fingerprint density at radius 3 is 3.00 bits per heavy atom. The van der Waals surface area contributed by atoms with E-state index >= 15 is 0 Å². The van der Waals surface area contributed by atoms with Gasteiger partial charge in [-0.15, -0.1) is 0 Å². The van der Waals surface area contributed by atoms with E-state index in [-0.39, 0.29) is 23.2 Å². The molecule has 0 aliphatic carbocycles. The lowest BCUT2D eigenvalue weighted by atomic mass is 10.2. The van der Waals surface area contributed by atoms with Gasteiger partial charge in [0.05, 0.1) is 11.4 Å². The molecule has 1 aromatic heterocycles. The van der Waals surface area contributed by atoms with Crippen LogP contribution in [-0.2, 0) is 4.79 Å². The van der Waals surface area contributed by atoms with Crippen molar-refractivity contribution in [1.29, 1.82) is 0 Å². The number of aromatic nitrogens is 2. The van der Waals surface area contributed by atoms with Gasteiger partial charge in [-0.25, -0.2) is 9.62 Å². The van der Waals surface area contributed by atoms with Gasteiger partial charge in [-0.05, 0) is 34.9 Å². The lowest BCUT2D eigenvalue weighted by molar-refractivity contribution is -0.118. The first-order chi connectivity index (χ1) is 12.1. The predicted octanol–water partition coefficient (Wildman–Crippen LogP) is 1.25. The van der Waals surface area contributed by atoms with Gasteiger partial charge in [0.2, 0.25) is 5.91 Å². The first kappa shape index (κ1) is 19.2. The van der Waals surface area contributed by atoms with Gasteiger partial charge in [0.1, 0.15) is 0 Å². The number of thioether (sulfide) groups is 1. The number of carbonyl (C=O) groups is 1. The lowest BCUT2D eigenvalue weighted by Crippen LogP contribution is -2.28. The highest BCUT2D eigenvalue weighted by Crippen LogP contribution is 2.21. The van der Waals surface area contributed by atoms with Crippen molar-refractivity contribution < 1.29 is 14.6 Å². The maximum absolute atomic E-state index is 11.3. The number of aryl methyl sites for hydroxylation is 1. The molecule has 1 heterocycles. The molecule has 25 heavy (non-hydrogen) atoms. The zero-order valence-corrected chi connectivity index (χ0v) is 15.1. The number of nitrogens with zero attached hydrogens (tertiary/aromatic N) is 3. The van der Waals surface area contributed by atoms with Gasteiger partial charge in [0.15, 0.2) is 16.6 Å². The quantitative estimate of drug-likeness (QED) is 0.133. The molecule has 0 bridgehead atoms.